The maximum absolute atomic E-state index is 10.9. The standard InChI is InChI=1S/C20H40O5Si/c1-6-20(21)22-17-15-13-11-9-10-12-14-16-18-26(23-7-2,24-8-3)25-19(4)5/h6,19H,1,7-18H2,2-5H3. The Morgan fingerprint density at radius 1 is 0.923 bits per heavy atom. The van der Waals surface area contributed by atoms with E-state index in [2.05, 4.69) is 6.58 Å². The summed E-state index contributed by atoms with van der Waals surface area (Å²) in [6, 6.07) is 0.904. The van der Waals surface area contributed by atoms with Crippen LogP contribution in [0.2, 0.25) is 6.04 Å². The molecule has 0 spiro atoms. The summed E-state index contributed by atoms with van der Waals surface area (Å²) in [5.74, 6) is -0.329. The van der Waals surface area contributed by atoms with Gasteiger partial charge < -0.3 is 18.0 Å². The van der Waals surface area contributed by atoms with E-state index >= 15 is 0 Å². The van der Waals surface area contributed by atoms with Gasteiger partial charge in [-0.05, 0) is 40.5 Å². The highest BCUT2D eigenvalue weighted by Crippen LogP contribution is 2.22. The van der Waals surface area contributed by atoms with Gasteiger partial charge >= 0.3 is 14.8 Å². The monoisotopic (exact) mass is 388 g/mol. The highest BCUT2D eigenvalue weighted by molar-refractivity contribution is 6.60. The summed E-state index contributed by atoms with van der Waals surface area (Å²) in [5, 5.41) is 0. The van der Waals surface area contributed by atoms with Gasteiger partial charge in [-0.1, -0.05) is 45.1 Å². The molecule has 5 nitrogen and oxygen atoms in total. The van der Waals surface area contributed by atoms with Crippen molar-refractivity contribution in [1.82, 2.24) is 0 Å². The van der Waals surface area contributed by atoms with Crippen molar-refractivity contribution < 1.29 is 22.8 Å². The lowest BCUT2D eigenvalue weighted by Crippen LogP contribution is -2.47. The quantitative estimate of drug-likeness (QED) is 0.138. The van der Waals surface area contributed by atoms with Crippen LogP contribution in [0.25, 0.3) is 0 Å². The number of hydrogen-bond donors (Lipinski definition) is 0. The minimum absolute atomic E-state index is 0.130. The first-order valence-electron chi connectivity index (χ1n) is 10.2. The van der Waals surface area contributed by atoms with E-state index in [9.17, 15) is 4.79 Å². The summed E-state index contributed by atoms with van der Waals surface area (Å²) >= 11 is 0. The largest absolute Gasteiger partial charge is 0.501 e. The van der Waals surface area contributed by atoms with Crippen molar-refractivity contribution in [3.05, 3.63) is 12.7 Å². The first-order chi connectivity index (χ1) is 12.5. The topological polar surface area (TPSA) is 54.0 Å². The molecule has 0 saturated carbocycles. The summed E-state index contributed by atoms with van der Waals surface area (Å²) in [5.41, 5.74) is 0. The second-order valence-corrected chi connectivity index (χ2v) is 9.34. The van der Waals surface area contributed by atoms with E-state index in [1.165, 1.54) is 38.2 Å². The maximum atomic E-state index is 10.9. The Labute approximate surface area is 161 Å². The third-order valence-electron chi connectivity index (χ3n) is 3.93. The van der Waals surface area contributed by atoms with Crippen LogP contribution in [0, 0.1) is 0 Å². The Morgan fingerprint density at radius 2 is 1.42 bits per heavy atom. The van der Waals surface area contributed by atoms with Gasteiger partial charge in [-0.3, -0.25) is 0 Å². The van der Waals surface area contributed by atoms with E-state index in [1.807, 2.05) is 27.7 Å². The van der Waals surface area contributed by atoms with Gasteiger partial charge in [0.2, 0.25) is 0 Å². The highest BCUT2D eigenvalue weighted by Gasteiger charge is 2.40. The van der Waals surface area contributed by atoms with Crippen LogP contribution in [-0.4, -0.2) is 40.7 Å². The fourth-order valence-electron chi connectivity index (χ4n) is 2.85. The second kappa shape index (κ2) is 16.5. The highest BCUT2D eigenvalue weighted by atomic mass is 28.4. The molecule has 0 radical (unpaired) electrons. The summed E-state index contributed by atoms with van der Waals surface area (Å²) in [7, 11) is -2.51. The Hall–Kier alpha value is -0.693. The molecule has 154 valence electrons. The maximum Gasteiger partial charge on any atom is 0.501 e. The fourth-order valence-corrected chi connectivity index (χ4v) is 5.75. The lowest BCUT2D eigenvalue weighted by Gasteiger charge is -2.30. The Bertz CT molecular complexity index is 354. The first kappa shape index (κ1) is 25.3. The summed E-state index contributed by atoms with van der Waals surface area (Å²) in [6.07, 6.45) is 10.6. The van der Waals surface area contributed by atoms with E-state index in [0.29, 0.717) is 19.8 Å². The number of hydrogen-bond acceptors (Lipinski definition) is 5. The molecule has 0 rings (SSSR count). The Balaban J connectivity index is 3.77. The average Bonchev–Trinajstić information content (AvgIpc) is 2.59. The van der Waals surface area contributed by atoms with Gasteiger partial charge in [0.15, 0.2) is 0 Å². The molecule has 0 unspecified atom stereocenters. The van der Waals surface area contributed by atoms with Crippen molar-refractivity contribution in [2.24, 2.45) is 0 Å². The van der Waals surface area contributed by atoms with Gasteiger partial charge in [0, 0.05) is 31.4 Å². The van der Waals surface area contributed by atoms with E-state index in [0.717, 1.165) is 25.3 Å². The zero-order valence-electron chi connectivity index (χ0n) is 17.4. The van der Waals surface area contributed by atoms with Crippen LogP contribution in [0.4, 0.5) is 0 Å². The van der Waals surface area contributed by atoms with Gasteiger partial charge in [0.05, 0.1) is 6.61 Å². The molecule has 0 fully saturated rings. The van der Waals surface area contributed by atoms with Crippen LogP contribution < -0.4 is 0 Å². The van der Waals surface area contributed by atoms with E-state index < -0.39 is 8.80 Å². The van der Waals surface area contributed by atoms with Crippen molar-refractivity contribution in [2.45, 2.75) is 91.2 Å². The number of carbonyl (C=O) groups is 1. The van der Waals surface area contributed by atoms with Crippen molar-refractivity contribution in [1.29, 1.82) is 0 Å². The zero-order valence-corrected chi connectivity index (χ0v) is 18.4. The van der Waals surface area contributed by atoms with E-state index in [1.54, 1.807) is 0 Å². The number of unbranched alkanes of at least 4 members (excludes halogenated alkanes) is 7. The van der Waals surface area contributed by atoms with Crippen molar-refractivity contribution >= 4 is 14.8 Å². The van der Waals surface area contributed by atoms with Crippen molar-refractivity contribution in [3.8, 4) is 0 Å². The number of esters is 1. The lowest BCUT2D eigenvalue weighted by atomic mass is 10.1. The minimum atomic E-state index is -2.51. The second-order valence-electron chi connectivity index (χ2n) is 6.67. The summed E-state index contributed by atoms with van der Waals surface area (Å²) in [4.78, 5) is 10.9. The molecule has 0 aliphatic rings. The van der Waals surface area contributed by atoms with Crippen LogP contribution in [0.5, 0.6) is 0 Å². The molecule has 0 aromatic rings. The van der Waals surface area contributed by atoms with Gasteiger partial charge in [0.25, 0.3) is 0 Å². The van der Waals surface area contributed by atoms with Crippen molar-refractivity contribution in [2.75, 3.05) is 19.8 Å². The molecular weight excluding hydrogens is 348 g/mol. The van der Waals surface area contributed by atoms with Gasteiger partial charge in [0.1, 0.15) is 0 Å². The molecular formula is C20H40O5Si. The fraction of sp³-hybridized carbons (Fsp3) is 0.850. The average molecular weight is 389 g/mol. The van der Waals surface area contributed by atoms with Crippen LogP contribution in [0.3, 0.4) is 0 Å². The molecule has 0 bridgehead atoms. The molecule has 0 N–H and O–H groups in total. The molecule has 26 heavy (non-hydrogen) atoms. The van der Waals surface area contributed by atoms with Crippen LogP contribution in [-0.2, 0) is 22.8 Å². The van der Waals surface area contributed by atoms with Gasteiger partial charge in [-0.2, -0.15) is 0 Å². The predicted octanol–water partition coefficient (Wildman–Crippen LogP) is 5.27. The van der Waals surface area contributed by atoms with Gasteiger partial charge in [-0.25, -0.2) is 4.79 Å². The number of ether oxygens (including phenoxy) is 1. The normalized spacial score (nSPS) is 11.7. The van der Waals surface area contributed by atoms with Gasteiger partial charge in [-0.15, -0.1) is 0 Å². The third-order valence-corrected chi connectivity index (χ3v) is 7.19. The molecule has 6 heteroatoms. The third kappa shape index (κ3) is 13.5. The lowest BCUT2D eigenvalue weighted by molar-refractivity contribution is -0.137. The van der Waals surface area contributed by atoms with E-state index in [-0.39, 0.29) is 12.1 Å². The smallest absolute Gasteiger partial charge is 0.463 e. The molecule has 0 heterocycles. The Morgan fingerprint density at radius 3 is 1.88 bits per heavy atom. The minimum Gasteiger partial charge on any atom is -0.463 e. The summed E-state index contributed by atoms with van der Waals surface area (Å²) < 4.78 is 22.9. The molecule has 0 atom stereocenters. The number of rotatable bonds is 18. The van der Waals surface area contributed by atoms with Crippen molar-refractivity contribution in [3.63, 3.8) is 0 Å². The summed E-state index contributed by atoms with van der Waals surface area (Å²) in [6.45, 7) is 13.2. The molecule has 0 aliphatic carbocycles. The first-order valence-corrected chi connectivity index (χ1v) is 12.2. The SMILES string of the molecule is C=CC(=O)OCCCCCCCCCC[Si](OCC)(OCC)OC(C)C. The molecule has 0 aromatic carbocycles. The molecule has 0 amide bonds. The zero-order chi connectivity index (χ0) is 19.7. The van der Waals surface area contributed by atoms with E-state index in [4.69, 9.17) is 18.0 Å². The van der Waals surface area contributed by atoms with Crippen LogP contribution >= 0.6 is 0 Å². The molecule has 0 aromatic heterocycles. The molecule has 0 aliphatic heterocycles. The predicted molar refractivity (Wildman–Crippen MR) is 108 cm³/mol. The Kier molecular flexibility index (Phi) is 16.0. The number of carbonyl (C=O) groups excluding carboxylic acids is 1. The van der Waals surface area contributed by atoms with Crippen LogP contribution in [0.15, 0.2) is 12.7 Å². The van der Waals surface area contributed by atoms with Crippen LogP contribution in [0.1, 0.15) is 79.1 Å². The molecule has 0 saturated heterocycles.